The number of amides is 1. The normalized spacial score (nSPS) is 17.4. The summed E-state index contributed by atoms with van der Waals surface area (Å²) in [4.78, 5) is 22.7. The van der Waals surface area contributed by atoms with E-state index in [0.29, 0.717) is 5.75 Å². The first-order valence-corrected chi connectivity index (χ1v) is 10.1. The lowest BCUT2D eigenvalue weighted by Crippen LogP contribution is -2.48. The van der Waals surface area contributed by atoms with Gasteiger partial charge in [-0.3, -0.25) is 14.9 Å². The van der Waals surface area contributed by atoms with Gasteiger partial charge in [0.1, 0.15) is 11.8 Å². The summed E-state index contributed by atoms with van der Waals surface area (Å²) < 4.78 is 32.6. The summed E-state index contributed by atoms with van der Waals surface area (Å²) in [6.45, 7) is -0.0150. The fraction of sp³-hybridized carbons (Fsp3) is 0.211. The highest BCUT2D eigenvalue weighted by Gasteiger charge is 2.36. The summed E-state index contributed by atoms with van der Waals surface area (Å²) in [7, 11) is -2.53. The van der Waals surface area contributed by atoms with Crippen molar-refractivity contribution in [2.24, 2.45) is 0 Å². The minimum Gasteiger partial charge on any atom is -0.497 e. The van der Waals surface area contributed by atoms with Crippen LogP contribution in [-0.4, -0.2) is 43.2 Å². The van der Waals surface area contributed by atoms with Gasteiger partial charge in [-0.15, -0.1) is 0 Å². The minimum absolute atomic E-state index is 0.0150. The molecule has 0 bridgehead atoms. The number of nitro benzene ring substituents is 1. The Hall–Kier alpha value is -3.24. The number of carbonyl (C=O) groups is 1. The Balaban J connectivity index is 1.94. The van der Waals surface area contributed by atoms with Gasteiger partial charge in [-0.25, -0.2) is 8.42 Å². The van der Waals surface area contributed by atoms with Gasteiger partial charge in [-0.05, 0) is 36.2 Å². The lowest BCUT2D eigenvalue weighted by atomic mass is 10.1. The van der Waals surface area contributed by atoms with E-state index in [1.807, 2.05) is 0 Å². The molecule has 1 aliphatic heterocycles. The zero-order valence-electron chi connectivity index (χ0n) is 15.5. The fourth-order valence-electron chi connectivity index (χ4n) is 2.97. The van der Waals surface area contributed by atoms with Gasteiger partial charge in [0.05, 0.1) is 16.9 Å². The highest BCUT2D eigenvalue weighted by atomic mass is 32.2. The van der Waals surface area contributed by atoms with E-state index < -0.39 is 26.9 Å². The average Bonchev–Trinajstić information content (AvgIpc) is 2.90. The van der Waals surface area contributed by atoms with Gasteiger partial charge in [0.15, 0.2) is 0 Å². The Labute approximate surface area is 167 Å². The maximum Gasteiger partial charge on any atom is 0.269 e. The number of sulfonamides is 1. The highest BCUT2D eigenvalue weighted by Crippen LogP contribution is 2.24. The number of nitrogens with one attached hydrogen (secondary N) is 1. The van der Waals surface area contributed by atoms with E-state index in [1.165, 1.54) is 31.5 Å². The van der Waals surface area contributed by atoms with Crippen LogP contribution in [0.3, 0.4) is 0 Å². The number of nitrogens with zero attached hydrogens (tertiary/aromatic N) is 2. The third-order valence-corrected chi connectivity index (χ3v) is 6.41. The Bertz CT molecular complexity index is 1030. The molecule has 1 N–H and O–H groups in total. The second kappa shape index (κ2) is 8.41. The van der Waals surface area contributed by atoms with E-state index >= 15 is 0 Å². The summed E-state index contributed by atoms with van der Waals surface area (Å²) in [6, 6.07) is 10.6. The van der Waals surface area contributed by atoms with Crippen LogP contribution in [0.15, 0.2) is 65.7 Å². The zero-order chi connectivity index (χ0) is 21.0. The molecule has 0 aliphatic carbocycles. The topological polar surface area (TPSA) is 119 Å². The first-order chi connectivity index (χ1) is 13.8. The number of hydrogen-bond donors (Lipinski definition) is 1. The van der Waals surface area contributed by atoms with Crippen LogP contribution in [0.1, 0.15) is 5.56 Å². The second-order valence-corrected chi connectivity index (χ2v) is 8.20. The largest absolute Gasteiger partial charge is 0.497 e. The van der Waals surface area contributed by atoms with Crippen LogP contribution in [0.4, 0.5) is 5.69 Å². The number of non-ortho nitro benzene ring substituents is 1. The SMILES string of the molecule is COc1ccc(C[C@H]2C(=O)NC=CCN2S(=O)(=O)c2ccc([N+](=O)[O-])cc2)cc1. The smallest absolute Gasteiger partial charge is 0.269 e. The molecule has 1 atom stereocenters. The van der Waals surface area contributed by atoms with E-state index in [2.05, 4.69) is 5.32 Å². The second-order valence-electron chi connectivity index (χ2n) is 6.30. The molecule has 1 amide bonds. The van der Waals surface area contributed by atoms with Crippen molar-refractivity contribution < 1.29 is 22.9 Å². The fourth-order valence-corrected chi connectivity index (χ4v) is 4.51. The molecule has 3 rings (SSSR count). The van der Waals surface area contributed by atoms with Gasteiger partial charge in [0.2, 0.25) is 15.9 Å². The molecule has 1 heterocycles. The Morgan fingerprint density at radius 3 is 2.41 bits per heavy atom. The standard InChI is InChI=1S/C19H19N3O6S/c1-28-16-7-3-14(4-8-16)13-18-19(23)20-11-2-12-21(18)29(26,27)17-9-5-15(6-10-17)22(24)25/h2-11,18H,12-13H2,1H3,(H,20,23)/t18-/m0/s1. The number of rotatable bonds is 6. The lowest BCUT2D eigenvalue weighted by Gasteiger charge is -2.27. The molecule has 152 valence electrons. The summed E-state index contributed by atoms with van der Waals surface area (Å²) in [6.07, 6.45) is 3.10. The van der Waals surface area contributed by atoms with E-state index in [4.69, 9.17) is 4.74 Å². The molecule has 0 unspecified atom stereocenters. The quantitative estimate of drug-likeness (QED) is 0.566. The monoisotopic (exact) mass is 417 g/mol. The number of benzene rings is 2. The van der Waals surface area contributed by atoms with Crippen molar-refractivity contribution in [3.8, 4) is 5.75 Å². The predicted molar refractivity (Wildman–Crippen MR) is 105 cm³/mol. The van der Waals surface area contributed by atoms with Crippen molar-refractivity contribution in [1.29, 1.82) is 0 Å². The number of hydrogen-bond acceptors (Lipinski definition) is 6. The molecule has 29 heavy (non-hydrogen) atoms. The number of methoxy groups -OCH3 is 1. The Kier molecular flexibility index (Phi) is 5.95. The molecule has 9 nitrogen and oxygen atoms in total. The van der Waals surface area contributed by atoms with E-state index in [1.54, 1.807) is 24.3 Å². The van der Waals surface area contributed by atoms with Crippen molar-refractivity contribution in [3.63, 3.8) is 0 Å². The molecule has 2 aromatic carbocycles. The Morgan fingerprint density at radius 2 is 1.83 bits per heavy atom. The van der Waals surface area contributed by atoms with E-state index in [-0.39, 0.29) is 23.5 Å². The van der Waals surface area contributed by atoms with Crippen molar-refractivity contribution in [3.05, 3.63) is 76.5 Å². The summed E-state index contributed by atoms with van der Waals surface area (Å²) in [5.41, 5.74) is 0.545. The van der Waals surface area contributed by atoms with Gasteiger partial charge < -0.3 is 10.1 Å². The van der Waals surface area contributed by atoms with Crippen LogP contribution in [0, 0.1) is 10.1 Å². The van der Waals surface area contributed by atoms with Gasteiger partial charge >= 0.3 is 0 Å². The molecule has 0 radical (unpaired) electrons. The van der Waals surface area contributed by atoms with Crippen LogP contribution in [0.5, 0.6) is 5.75 Å². The predicted octanol–water partition coefficient (Wildman–Crippen LogP) is 1.85. The van der Waals surface area contributed by atoms with Gasteiger partial charge in [0, 0.05) is 24.9 Å². The summed E-state index contributed by atoms with van der Waals surface area (Å²) in [5.74, 6) is 0.191. The van der Waals surface area contributed by atoms with Gasteiger partial charge in [-0.1, -0.05) is 18.2 Å². The average molecular weight is 417 g/mol. The molecule has 0 fully saturated rings. The third kappa shape index (κ3) is 4.44. The number of ether oxygens (including phenoxy) is 1. The van der Waals surface area contributed by atoms with Crippen molar-refractivity contribution in [1.82, 2.24) is 9.62 Å². The van der Waals surface area contributed by atoms with Crippen molar-refractivity contribution >= 4 is 21.6 Å². The molecule has 2 aromatic rings. The molecule has 1 aliphatic rings. The van der Waals surface area contributed by atoms with Crippen LogP contribution in [-0.2, 0) is 21.2 Å². The first kappa shape index (κ1) is 20.5. The number of carbonyl (C=O) groups excluding carboxylic acids is 1. The van der Waals surface area contributed by atoms with Crippen molar-refractivity contribution in [2.45, 2.75) is 17.4 Å². The van der Waals surface area contributed by atoms with Crippen molar-refractivity contribution in [2.75, 3.05) is 13.7 Å². The highest BCUT2D eigenvalue weighted by molar-refractivity contribution is 7.89. The zero-order valence-corrected chi connectivity index (χ0v) is 16.3. The molecule has 10 heteroatoms. The van der Waals surface area contributed by atoms with Crippen LogP contribution in [0.2, 0.25) is 0 Å². The van der Waals surface area contributed by atoms with Gasteiger partial charge in [0.25, 0.3) is 5.69 Å². The lowest BCUT2D eigenvalue weighted by molar-refractivity contribution is -0.384. The molecular weight excluding hydrogens is 398 g/mol. The molecule has 0 spiro atoms. The van der Waals surface area contributed by atoms with E-state index in [0.717, 1.165) is 22.0 Å². The molecule has 0 saturated heterocycles. The van der Waals surface area contributed by atoms with Crippen LogP contribution >= 0.6 is 0 Å². The Morgan fingerprint density at radius 1 is 1.17 bits per heavy atom. The summed E-state index contributed by atoms with van der Waals surface area (Å²) in [5, 5.41) is 13.4. The summed E-state index contributed by atoms with van der Waals surface area (Å²) >= 11 is 0. The first-order valence-electron chi connectivity index (χ1n) is 8.67. The maximum absolute atomic E-state index is 13.2. The van der Waals surface area contributed by atoms with Crippen LogP contribution in [0.25, 0.3) is 0 Å². The van der Waals surface area contributed by atoms with Crippen LogP contribution < -0.4 is 10.1 Å². The van der Waals surface area contributed by atoms with E-state index in [9.17, 15) is 23.3 Å². The molecule has 0 aromatic heterocycles. The third-order valence-electron chi connectivity index (χ3n) is 4.52. The minimum atomic E-state index is -4.07. The number of nitro groups is 1. The van der Waals surface area contributed by atoms with Gasteiger partial charge in [-0.2, -0.15) is 4.31 Å². The maximum atomic E-state index is 13.2. The molecular formula is C19H19N3O6S. The molecule has 0 saturated carbocycles.